The molecule has 19 heavy (non-hydrogen) atoms. The van der Waals surface area contributed by atoms with Gasteiger partial charge in [0.2, 0.25) is 0 Å². The summed E-state index contributed by atoms with van der Waals surface area (Å²) in [5.74, 6) is -0.703. The van der Waals surface area contributed by atoms with E-state index >= 15 is 0 Å². The molecule has 2 unspecified atom stereocenters. The lowest BCUT2D eigenvalue weighted by Crippen LogP contribution is -2.60. The molecule has 2 N–H and O–H groups in total. The average Bonchev–Trinajstić information content (AvgIpc) is 2.78. The van der Waals surface area contributed by atoms with E-state index in [1.807, 2.05) is 0 Å². The molecule has 5 heteroatoms. The quantitative estimate of drug-likeness (QED) is 0.786. The van der Waals surface area contributed by atoms with Crippen LogP contribution in [0.4, 0.5) is 0 Å². The molecule has 1 saturated carbocycles. The normalized spacial score (nSPS) is 36.5. The van der Waals surface area contributed by atoms with E-state index in [2.05, 4.69) is 36.0 Å². The van der Waals surface area contributed by atoms with Crippen LogP contribution < -0.4 is 5.32 Å². The molecule has 1 saturated heterocycles. The zero-order valence-electron chi connectivity index (χ0n) is 12.6. The van der Waals surface area contributed by atoms with E-state index in [-0.39, 0.29) is 5.54 Å². The lowest BCUT2D eigenvalue weighted by molar-refractivity contribution is -0.144. The van der Waals surface area contributed by atoms with E-state index in [1.165, 1.54) is 0 Å². The summed E-state index contributed by atoms with van der Waals surface area (Å²) in [7, 11) is 3.94. The van der Waals surface area contributed by atoms with Gasteiger partial charge >= 0.3 is 5.97 Å². The van der Waals surface area contributed by atoms with Gasteiger partial charge in [-0.25, -0.2) is 0 Å². The Kier molecular flexibility index (Phi) is 3.91. The van der Waals surface area contributed by atoms with Gasteiger partial charge < -0.3 is 10.4 Å². The summed E-state index contributed by atoms with van der Waals surface area (Å²) < 4.78 is 0. The fourth-order valence-electron chi connectivity index (χ4n) is 3.45. The van der Waals surface area contributed by atoms with Gasteiger partial charge in [0.05, 0.1) is 0 Å². The second-order valence-electron chi connectivity index (χ2n) is 6.74. The first-order chi connectivity index (χ1) is 8.81. The van der Waals surface area contributed by atoms with Gasteiger partial charge in [-0.1, -0.05) is 0 Å². The number of carbonyl (C=O) groups is 1. The zero-order chi connectivity index (χ0) is 14.3. The minimum Gasteiger partial charge on any atom is -0.480 e. The van der Waals surface area contributed by atoms with Crippen LogP contribution in [-0.2, 0) is 4.79 Å². The zero-order valence-corrected chi connectivity index (χ0v) is 12.6. The van der Waals surface area contributed by atoms with Crippen molar-refractivity contribution in [3.8, 4) is 0 Å². The molecule has 2 fully saturated rings. The van der Waals surface area contributed by atoms with Crippen LogP contribution in [0.5, 0.6) is 0 Å². The highest BCUT2D eigenvalue weighted by Gasteiger charge is 2.47. The van der Waals surface area contributed by atoms with Crippen molar-refractivity contribution in [3.63, 3.8) is 0 Å². The molecule has 0 amide bonds. The standard InChI is InChI=1S/C14H27N3O2/c1-13(2)10-17(8-7-16(13)4)11-5-6-14(9-11,15-3)12(18)19/h11,15H,5-10H2,1-4H3,(H,18,19). The predicted octanol–water partition coefficient (Wildman–Crippen LogP) is 0.608. The van der Waals surface area contributed by atoms with E-state index in [0.717, 1.165) is 38.9 Å². The van der Waals surface area contributed by atoms with Crippen LogP contribution in [-0.4, -0.2) is 71.7 Å². The maximum Gasteiger partial charge on any atom is 0.323 e. The molecule has 2 aliphatic rings. The number of hydrogen-bond donors (Lipinski definition) is 2. The van der Waals surface area contributed by atoms with Gasteiger partial charge in [0.25, 0.3) is 0 Å². The van der Waals surface area contributed by atoms with E-state index in [9.17, 15) is 9.90 Å². The third-order valence-corrected chi connectivity index (χ3v) is 5.24. The summed E-state index contributed by atoms with van der Waals surface area (Å²) in [4.78, 5) is 16.4. The predicted molar refractivity (Wildman–Crippen MR) is 75.3 cm³/mol. The number of aliphatic carboxylic acids is 1. The summed E-state index contributed by atoms with van der Waals surface area (Å²) in [6, 6.07) is 0.400. The number of carboxylic acid groups (broad SMARTS) is 1. The van der Waals surface area contributed by atoms with Crippen molar-refractivity contribution in [2.24, 2.45) is 0 Å². The third-order valence-electron chi connectivity index (χ3n) is 5.24. The second-order valence-corrected chi connectivity index (χ2v) is 6.74. The number of hydrogen-bond acceptors (Lipinski definition) is 4. The number of piperazine rings is 1. The van der Waals surface area contributed by atoms with Crippen molar-refractivity contribution >= 4 is 5.97 Å². The van der Waals surface area contributed by atoms with Crippen molar-refractivity contribution in [2.45, 2.75) is 50.2 Å². The Bertz CT molecular complexity index is 359. The first-order valence-corrected chi connectivity index (χ1v) is 7.18. The Morgan fingerprint density at radius 1 is 1.37 bits per heavy atom. The fraction of sp³-hybridized carbons (Fsp3) is 0.929. The largest absolute Gasteiger partial charge is 0.480 e. The summed E-state index contributed by atoms with van der Waals surface area (Å²) in [6.07, 6.45) is 2.43. The second kappa shape index (κ2) is 5.04. The summed E-state index contributed by atoms with van der Waals surface area (Å²) >= 11 is 0. The number of carboxylic acids is 1. The Morgan fingerprint density at radius 3 is 2.53 bits per heavy atom. The van der Waals surface area contributed by atoms with E-state index in [0.29, 0.717) is 6.04 Å². The van der Waals surface area contributed by atoms with Crippen molar-refractivity contribution in [1.82, 2.24) is 15.1 Å². The summed E-state index contributed by atoms with van der Waals surface area (Å²) in [5, 5.41) is 12.5. The van der Waals surface area contributed by atoms with Crippen molar-refractivity contribution in [3.05, 3.63) is 0 Å². The SMILES string of the molecule is CNC1(C(=O)O)CCC(N2CCN(C)C(C)(C)C2)C1. The van der Waals surface area contributed by atoms with Crippen LogP contribution in [0.2, 0.25) is 0 Å². The summed E-state index contributed by atoms with van der Waals surface area (Å²) in [6.45, 7) is 7.65. The van der Waals surface area contributed by atoms with Crippen molar-refractivity contribution in [1.29, 1.82) is 0 Å². The van der Waals surface area contributed by atoms with Crippen LogP contribution in [0.25, 0.3) is 0 Å². The molecule has 1 heterocycles. The van der Waals surface area contributed by atoms with Crippen LogP contribution in [0.3, 0.4) is 0 Å². The first kappa shape index (κ1) is 14.8. The monoisotopic (exact) mass is 269 g/mol. The molecule has 0 aromatic carbocycles. The van der Waals surface area contributed by atoms with E-state index in [1.54, 1.807) is 7.05 Å². The van der Waals surface area contributed by atoms with E-state index < -0.39 is 11.5 Å². The van der Waals surface area contributed by atoms with Crippen molar-refractivity contribution in [2.75, 3.05) is 33.7 Å². The van der Waals surface area contributed by atoms with Crippen molar-refractivity contribution < 1.29 is 9.90 Å². The third kappa shape index (κ3) is 2.64. The van der Waals surface area contributed by atoms with Gasteiger partial charge in [0, 0.05) is 31.2 Å². The number of likely N-dealkylation sites (N-methyl/N-ethyl adjacent to an activating group) is 2. The molecular weight excluding hydrogens is 242 g/mol. The smallest absolute Gasteiger partial charge is 0.323 e. The fourth-order valence-corrected chi connectivity index (χ4v) is 3.45. The molecule has 2 atom stereocenters. The minimum atomic E-state index is -0.710. The van der Waals surface area contributed by atoms with Gasteiger partial charge in [-0.3, -0.25) is 14.6 Å². The molecule has 2 rings (SSSR count). The molecule has 1 aliphatic carbocycles. The lowest BCUT2D eigenvalue weighted by atomic mass is 9.95. The first-order valence-electron chi connectivity index (χ1n) is 7.18. The minimum absolute atomic E-state index is 0.173. The highest BCUT2D eigenvalue weighted by atomic mass is 16.4. The molecule has 0 aromatic rings. The maximum atomic E-state index is 11.5. The highest BCUT2D eigenvalue weighted by molar-refractivity contribution is 5.79. The van der Waals surface area contributed by atoms with Gasteiger partial charge in [-0.05, 0) is 47.2 Å². The Morgan fingerprint density at radius 2 is 2.05 bits per heavy atom. The topological polar surface area (TPSA) is 55.8 Å². The Labute approximate surface area is 115 Å². The maximum absolute atomic E-state index is 11.5. The van der Waals surface area contributed by atoms with Gasteiger partial charge in [-0.2, -0.15) is 0 Å². The van der Waals surface area contributed by atoms with Gasteiger partial charge in [0.1, 0.15) is 5.54 Å². The number of nitrogens with zero attached hydrogens (tertiary/aromatic N) is 2. The van der Waals surface area contributed by atoms with Gasteiger partial charge in [-0.15, -0.1) is 0 Å². The Balaban J connectivity index is 2.04. The van der Waals surface area contributed by atoms with Crippen LogP contribution in [0, 0.1) is 0 Å². The number of rotatable bonds is 3. The van der Waals surface area contributed by atoms with Gasteiger partial charge in [0.15, 0.2) is 0 Å². The van der Waals surface area contributed by atoms with Crippen LogP contribution in [0.1, 0.15) is 33.1 Å². The molecule has 110 valence electrons. The Hall–Kier alpha value is -0.650. The molecule has 0 spiro atoms. The van der Waals surface area contributed by atoms with Crippen LogP contribution in [0.15, 0.2) is 0 Å². The molecule has 1 aliphatic heterocycles. The highest BCUT2D eigenvalue weighted by Crippen LogP contribution is 2.35. The summed E-state index contributed by atoms with van der Waals surface area (Å²) in [5.41, 5.74) is -0.537. The number of nitrogens with one attached hydrogen (secondary N) is 1. The molecule has 0 bridgehead atoms. The lowest BCUT2D eigenvalue weighted by Gasteiger charge is -2.47. The molecular formula is C14H27N3O2. The average molecular weight is 269 g/mol. The van der Waals surface area contributed by atoms with Crippen LogP contribution >= 0.6 is 0 Å². The molecule has 0 radical (unpaired) electrons. The molecule has 0 aromatic heterocycles. The molecule has 5 nitrogen and oxygen atoms in total. The van der Waals surface area contributed by atoms with E-state index in [4.69, 9.17) is 0 Å².